The molecular weight excluding hydrogens is 378 g/mol. The molecule has 0 radical (unpaired) electrons. The largest absolute Gasteiger partial charge is 0.243 e. The molecule has 2 aromatic rings. The fourth-order valence-corrected chi connectivity index (χ4v) is 6.88. The van der Waals surface area contributed by atoms with Crippen LogP contribution in [0.15, 0.2) is 59.5 Å². The summed E-state index contributed by atoms with van der Waals surface area (Å²) < 4.78 is 28.8. The predicted molar refractivity (Wildman–Crippen MR) is 109 cm³/mol. The first-order valence-corrected chi connectivity index (χ1v) is 11.6. The minimum absolute atomic E-state index is 0.143. The van der Waals surface area contributed by atoms with Crippen LogP contribution in [0.1, 0.15) is 49.3 Å². The highest BCUT2D eigenvalue weighted by Crippen LogP contribution is 2.53. The Hall–Kier alpha value is -1.36. The van der Waals surface area contributed by atoms with Crippen molar-refractivity contribution in [3.8, 4) is 0 Å². The zero-order valence-corrected chi connectivity index (χ0v) is 17.2. The second-order valence-corrected chi connectivity index (χ2v) is 10.6. The Kier molecular flexibility index (Phi) is 5.08. The number of piperidine rings is 1. The topological polar surface area (TPSA) is 37.4 Å². The Morgan fingerprint density at radius 2 is 1.70 bits per heavy atom. The van der Waals surface area contributed by atoms with Crippen LogP contribution in [0.2, 0.25) is 0 Å². The average molecular weight is 404 g/mol. The second-order valence-electron chi connectivity index (χ2n) is 7.92. The van der Waals surface area contributed by atoms with Gasteiger partial charge in [0.25, 0.3) is 0 Å². The van der Waals surface area contributed by atoms with Crippen molar-refractivity contribution < 1.29 is 8.42 Å². The summed E-state index contributed by atoms with van der Waals surface area (Å²) in [5.74, 6) is 0.143. The Morgan fingerprint density at radius 3 is 2.41 bits per heavy atom. The van der Waals surface area contributed by atoms with Crippen LogP contribution in [-0.2, 0) is 10.0 Å². The molecule has 144 valence electrons. The molecular formula is C22H26ClNO2S. The molecule has 2 fully saturated rings. The lowest BCUT2D eigenvalue weighted by Gasteiger charge is -2.51. The molecule has 0 N–H and O–H groups in total. The van der Waals surface area contributed by atoms with E-state index in [2.05, 4.69) is 0 Å². The van der Waals surface area contributed by atoms with Crippen LogP contribution in [0.25, 0.3) is 0 Å². The number of rotatable bonds is 3. The number of hydrogen-bond acceptors (Lipinski definition) is 2. The fourth-order valence-electron chi connectivity index (χ4n) is 4.78. The van der Waals surface area contributed by atoms with E-state index in [0.717, 1.165) is 36.8 Å². The van der Waals surface area contributed by atoms with E-state index in [9.17, 15) is 8.42 Å². The quantitative estimate of drug-likeness (QED) is 0.652. The van der Waals surface area contributed by atoms with E-state index in [0.29, 0.717) is 17.9 Å². The minimum Gasteiger partial charge on any atom is -0.207 e. The lowest BCUT2D eigenvalue weighted by atomic mass is 9.69. The highest BCUT2D eigenvalue weighted by molar-refractivity contribution is 7.89. The average Bonchev–Trinajstić information content (AvgIpc) is 2.67. The van der Waals surface area contributed by atoms with Crippen LogP contribution in [0.3, 0.4) is 0 Å². The molecule has 1 heterocycles. The normalized spacial score (nSPS) is 29.3. The molecule has 1 aliphatic carbocycles. The fraction of sp³-hybridized carbons (Fsp3) is 0.455. The van der Waals surface area contributed by atoms with Gasteiger partial charge in [0.2, 0.25) is 10.0 Å². The number of halogens is 1. The molecule has 2 aromatic carbocycles. The number of fused-ring (bicyclic) bond motifs is 1. The summed E-state index contributed by atoms with van der Waals surface area (Å²) in [5.41, 5.74) is 2.10. The van der Waals surface area contributed by atoms with Crippen molar-refractivity contribution in [2.45, 2.75) is 54.8 Å². The lowest BCUT2D eigenvalue weighted by molar-refractivity contribution is 0.0933. The predicted octanol–water partition coefficient (Wildman–Crippen LogP) is 5.30. The summed E-state index contributed by atoms with van der Waals surface area (Å²) in [6.45, 7) is 2.43. The summed E-state index contributed by atoms with van der Waals surface area (Å²) in [4.78, 5) is 0.0739. The molecule has 0 spiro atoms. The number of hydrogen-bond donors (Lipinski definition) is 0. The van der Waals surface area contributed by atoms with Gasteiger partial charge in [-0.1, -0.05) is 60.9 Å². The van der Waals surface area contributed by atoms with Crippen LogP contribution < -0.4 is 0 Å². The van der Waals surface area contributed by atoms with Gasteiger partial charge in [-0.2, -0.15) is 4.31 Å². The third kappa shape index (κ3) is 3.43. The molecule has 0 aromatic heterocycles. The summed E-state index contributed by atoms with van der Waals surface area (Å²) >= 11 is 7.08. The summed E-state index contributed by atoms with van der Waals surface area (Å²) in [6.07, 6.45) is 4.91. The molecule has 5 heteroatoms. The van der Waals surface area contributed by atoms with Gasteiger partial charge in [-0.05, 0) is 49.8 Å². The maximum Gasteiger partial charge on any atom is 0.243 e. The van der Waals surface area contributed by atoms with Crippen molar-refractivity contribution in [2.24, 2.45) is 5.92 Å². The Balaban J connectivity index is 1.80. The van der Waals surface area contributed by atoms with E-state index < -0.39 is 10.0 Å². The van der Waals surface area contributed by atoms with E-state index in [1.807, 2.05) is 49.4 Å². The van der Waals surface area contributed by atoms with Gasteiger partial charge in [-0.15, -0.1) is 11.6 Å². The smallest absolute Gasteiger partial charge is 0.207 e. The van der Waals surface area contributed by atoms with Gasteiger partial charge in [0.05, 0.1) is 15.8 Å². The van der Waals surface area contributed by atoms with E-state index in [-0.39, 0.29) is 16.8 Å². The first-order chi connectivity index (χ1) is 12.9. The number of sulfonamides is 1. The molecule has 27 heavy (non-hydrogen) atoms. The molecule has 3 nitrogen and oxygen atoms in total. The molecule has 2 aliphatic rings. The summed E-state index contributed by atoms with van der Waals surface area (Å²) in [7, 11) is -3.58. The van der Waals surface area contributed by atoms with Crippen LogP contribution in [-0.4, -0.2) is 24.1 Å². The standard InChI is InChI=1S/C22H26ClNO2S/c1-17-10-12-19(13-11-17)27(25,26)24-16-15-22(23)14-6-5-9-20(22)21(24)18-7-3-2-4-8-18/h2-4,7-8,10-13,20-21H,5-6,9,14-16H2,1H3/t20-,21+,22-/m1/s1. The molecule has 0 unspecified atom stereocenters. The van der Waals surface area contributed by atoms with Crippen molar-refractivity contribution in [2.75, 3.05) is 6.54 Å². The van der Waals surface area contributed by atoms with Gasteiger partial charge >= 0.3 is 0 Å². The van der Waals surface area contributed by atoms with Crippen molar-refractivity contribution in [1.82, 2.24) is 4.31 Å². The van der Waals surface area contributed by atoms with Crippen molar-refractivity contribution in [3.05, 3.63) is 65.7 Å². The number of nitrogens with zero attached hydrogens (tertiary/aromatic N) is 1. The van der Waals surface area contributed by atoms with E-state index >= 15 is 0 Å². The van der Waals surface area contributed by atoms with E-state index in [4.69, 9.17) is 11.6 Å². The molecule has 1 saturated carbocycles. The van der Waals surface area contributed by atoms with Gasteiger partial charge in [-0.25, -0.2) is 8.42 Å². The first-order valence-electron chi connectivity index (χ1n) is 9.74. The zero-order chi connectivity index (χ0) is 19.1. The van der Waals surface area contributed by atoms with Crippen LogP contribution >= 0.6 is 11.6 Å². The Bertz CT molecular complexity index is 898. The third-order valence-corrected chi connectivity index (χ3v) is 8.78. The van der Waals surface area contributed by atoms with Crippen LogP contribution in [0.4, 0.5) is 0 Å². The first kappa shape index (κ1) is 19.0. The summed E-state index contributed by atoms with van der Waals surface area (Å²) in [6, 6.07) is 17.0. The van der Waals surface area contributed by atoms with Gasteiger partial charge < -0.3 is 0 Å². The molecule has 1 aliphatic heterocycles. The maximum absolute atomic E-state index is 13.5. The van der Waals surface area contributed by atoms with Crippen molar-refractivity contribution in [3.63, 3.8) is 0 Å². The van der Waals surface area contributed by atoms with Crippen LogP contribution in [0.5, 0.6) is 0 Å². The van der Waals surface area contributed by atoms with Gasteiger partial charge in [-0.3, -0.25) is 0 Å². The molecule has 0 bridgehead atoms. The summed E-state index contributed by atoms with van der Waals surface area (Å²) in [5, 5.41) is 0. The Labute approximate surface area is 167 Å². The number of benzene rings is 2. The molecule has 3 atom stereocenters. The lowest BCUT2D eigenvalue weighted by Crippen LogP contribution is -2.53. The van der Waals surface area contributed by atoms with E-state index in [1.165, 1.54) is 0 Å². The zero-order valence-electron chi connectivity index (χ0n) is 15.6. The third-order valence-electron chi connectivity index (χ3n) is 6.23. The van der Waals surface area contributed by atoms with Crippen LogP contribution in [0, 0.1) is 12.8 Å². The SMILES string of the molecule is Cc1ccc(S(=O)(=O)N2CC[C@]3(Cl)CCCC[C@@H]3[C@@H]2c2ccccc2)cc1. The molecule has 1 saturated heterocycles. The highest BCUT2D eigenvalue weighted by Gasteiger charge is 2.51. The maximum atomic E-state index is 13.5. The number of aryl methyl sites for hydroxylation is 1. The van der Waals surface area contributed by atoms with Gasteiger partial charge in [0.1, 0.15) is 0 Å². The molecule has 4 rings (SSSR count). The van der Waals surface area contributed by atoms with Gasteiger partial charge in [0.15, 0.2) is 0 Å². The minimum atomic E-state index is -3.58. The highest BCUT2D eigenvalue weighted by atomic mass is 35.5. The van der Waals surface area contributed by atoms with Crippen molar-refractivity contribution in [1.29, 1.82) is 0 Å². The monoisotopic (exact) mass is 403 g/mol. The molecule has 0 amide bonds. The number of alkyl halides is 1. The second kappa shape index (κ2) is 7.23. The Morgan fingerprint density at radius 1 is 1.00 bits per heavy atom. The van der Waals surface area contributed by atoms with Gasteiger partial charge in [0, 0.05) is 6.54 Å². The van der Waals surface area contributed by atoms with E-state index in [1.54, 1.807) is 16.4 Å². The van der Waals surface area contributed by atoms with Crippen molar-refractivity contribution >= 4 is 21.6 Å².